The highest BCUT2D eigenvalue weighted by molar-refractivity contribution is 5.34. The van der Waals surface area contributed by atoms with Crippen LogP contribution in [0.15, 0.2) is 30.5 Å². The van der Waals surface area contributed by atoms with Crippen LogP contribution < -0.4 is 10.5 Å². The number of pyridine rings is 1. The van der Waals surface area contributed by atoms with E-state index in [2.05, 4.69) is 15.0 Å². The van der Waals surface area contributed by atoms with E-state index < -0.39 is 0 Å². The van der Waals surface area contributed by atoms with Crippen molar-refractivity contribution < 1.29 is 4.74 Å². The van der Waals surface area contributed by atoms with E-state index in [0.29, 0.717) is 24.2 Å². The van der Waals surface area contributed by atoms with Gasteiger partial charge in [-0.3, -0.25) is 4.98 Å². The lowest BCUT2D eigenvalue weighted by Crippen LogP contribution is -2.06. The topological polar surface area (TPSA) is 73.9 Å². The maximum Gasteiger partial charge on any atom is 0.218 e. The fraction of sp³-hybridized carbons (Fsp3) is 0.357. The van der Waals surface area contributed by atoms with Crippen molar-refractivity contribution >= 4 is 5.82 Å². The highest BCUT2D eigenvalue weighted by Crippen LogP contribution is 2.38. The van der Waals surface area contributed by atoms with Gasteiger partial charge in [0.1, 0.15) is 11.6 Å². The number of nitrogens with zero attached hydrogens (tertiary/aromatic N) is 3. The minimum absolute atomic E-state index is 0.474. The summed E-state index contributed by atoms with van der Waals surface area (Å²) in [7, 11) is 0. The average molecular weight is 256 g/mol. The lowest BCUT2D eigenvalue weighted by Gasteiger charge is -2.07. The fourth-order valence-corrected chi connectivity index (χ4v) is 1.87. The molecular weight excluding hydrogens is 240 g/mol. The van der Waals surface area contributed by atoms with Crippen LogP contribution in [0, 0.1) is 0 Å². The number of hydrogen-bond acceptors (Lipinski definition) is 5. The molecule has 1 aliphatic rings. The highest BCUT2D eigenvalue weighted by atomic mass is 16.5. The molecule has 5 heteroatoms. The van der Waals surface area contributed by atoms with Gasteiger partial charge in [0.15, 0.2) is 0 Å². The van der Waals surface area contributed by atoms with E-state index in [1.165, 1.54) is 0 Å². The quantitative estimate of drug-likeness (QED) is 0.885. The Bertz CT molecular complexity index is 555. The molecule has 2 aromatic heterocycles. The molecule has 1 fully saturated rings. The van der Waals surface area contributed by atoms with Gasteiger partial charge in [-0.05, 0) is 25.0 Å². The second-order valence-corrected chi connectivity index (χ2v) is 4.68. The Hall–Kier alpha value is -2.17. The summed E-state index contributed by atoms with van der Waals surface area (Å²) in [5.74, 6) is 2.32. The number of hydrogen-bond donors (Lipinski definition) is 1. The summed E-state index contributed by atoms with van der Waals surface area (Å²) in [6.45, 7) is 0.539. The number of nitrogens with two attached hydrogens (primary N) is 1. The predicted octanol–water partition coefficient (Wildman–Crippen LogP) is 1.95. The van der Waals surface area contributed by atoms with Gasteiger partial charge in [0.2, 0.25) is 5.88 Å². The van der Waals surface area contributed by atoms with Crippen LogP contribution in [0.5, 0.6) is 5.88 Å². The first kappa shape index (κ1) is 11.9. The van der Waals surface area contributed by atoms with E-state index in [4.69, 9.17) is 10.5 Å². The van der Waals surface area contributed by atoms with Crippen LogP contribution in [0.1, 0.15) is 30.3 Å². The monoisotopic (exact) mass is 256 g/mol. The first-order valence-corrected chi connectivity index (χ1v) is 6.48. The summed E-state index contributed by atoms with van der Waals surface area (Å²) in [6.07, 6.45) is 4.83. The second-order valence-electron chi connectivity index (χ2n) is 4.68. The summed E-state index contributed by atoms with van der Waals surface area (Å²) >= 11 is 0. The number of nitrogen functional groups attached to an aromatic ring is 1. The average Bonchev–Trinajstić information content (AvgIpc) is 3.24. The Labute approximate surface area is 111 Å². The standard InChI is InChI=1S/C14H16N4O/c15-12-9-13(18-14(17-12)10-4-5-10)19-8-6-11-3-1-2-7-16-11/h1-3,7,9-10H,4-6,8H2,(H2,15,17,18). The van der Waals surface area contributed by atoms with Crippen molar-refractivity contribution in [1.82, 2.24) is 15.0 Å². The van der Waals surface area contributed by atoms with E-state index in [0.717, 1.165) is 30.8 Å². The fourth-order valence-electron chi connectivity index (χ4n) is 1.87. The molecule has 0 radical (unpaired) electrons. The molecule has 0 spiro atoms. The normalized spacial score (nSPS) is 14.3. The molecule has 0 bridgehead atoms. The molecule has 2 aromatic rings. The van der Waals surface area contributed by atoms with Gasteiger partial charge in [0, 0.05) is 30.3 Å². The third kappa shape index (κ3) is 3.19. The molecule has 0 saturated heterocycles. The molecule has 98 valence electrons. The van der Waals surface area contributed by atoms with Crippen molar-refractivity contribution in [3.63, 3.8) is 0 Å². The van der Waals surface area contributed by atoms with Crippen LogP contribution in [-0.2, 0) is 6.42 Å². The SMILES string of the molecule is Nc1cc(OCCc2ccccn2)nc(C2CC2)n1. The van der Waals surface area contributed by atoms with Crippen LogP contribution in [-0.4, -0.2) is 21.6 Å². The summed E-state index contributed by atoms with van der Waals surface area (Å²) in [6, 6.07) is 7.52. The third-order valence-corrected chi connectivity index (χ3v) is 3.02. The van der Waals surface area contributed by atoms with Crippen LogP contribution >= 0.6 is 0 Å². The molecule has 0 unspecified atom stereocenters. The predicted molar refractivity (Wildman–Crippen MR) is 71.9 cm³/mol. The Morgan fingerprint density at radius 3 is 2.89 bits per heavy atom. The van der Waals surface area contributed by atoms with E-state index in [-0.39, 0.29) is 0 Å². The lowest BCUT2D eigenvalue weighted by atomic mass is 10.3. The van der Waals surface area contributed by atoms with Crippen LogP contribution in [0.25, 0.3) is 0 Å². The number of anilines is 1. The van der Waals surface area contributed by atoms with Gasteiger partial charge >= 0.3 is 0 Å². The minimum Gasteiger partial charge on any atom is -0.477 e. The second kappa shape index (κ2) is 5.22. The van der Waals surface area contributed by atoms with Crippen molar-refractivity contribution in [3.8, 4) is 5.88 Å². The van der Waals surface area contributed by atoms with Crippen molar-refractivity contribution in [3.05, 3.63) is 42.0 Å². The summed E-state index contributed by atoms with van der Waals surface area (Å²) in [5, 5.41) is 0. The largest absolute Gasteiger partial charge is 0.477 e. The van der Waals surface area contributed by atoms with E-state index in [1.807, 2.05) is 18.2 Å². The van der Waals surface area contributed by atoms with Crippen LogP contribution in [0.4, 0.5) is 5.82 Å². The molecule has 5 nitrogen and oxygen atoms in total. The highest BCUT2D eigenvalue weighted by Gasteiger charge is 2.27. The van der Waals surface area contributed by atoms with Gasteiger partial charge in [-0.1, -0.05) is 6.07 Å². The number of ether oxygens (including phenoxy) is 1. The molecule has 1 saturated carbocycles. The van der Waals surface area contributed by atoms with Crippen molar-refractivity contribution in [2.45, 2.75) is 25.2 Å². The molecule has 0 aliphatic heterocycles. The van der Waals surface area contributed by atoms with Crippen LogP contribution in [0.3, 0.4) is 0 Å². The summed E-state index contributed by atoms with van der Waals surface area (Å²) < 4.78 is 5.64. The minimum atomic E-state index is 0.474. The molecule has 19 heavy (non-hydrogen) atoms. The molecule has 1 aliphatic carbocycles. The zero-order valence-corrected chi connectivity index (χ0v) is 10.6. The van der Waals surface area contributed by atoms with E-state index in [9.17, 15) is 0 Å². The Kier molecular flexibility index (Phi) is 3.27. The number of rotatable bonds is 5. The van der Waals surface area contributed by atoms with Gasteiger partial charge in [0.05, 0.1) is 6.61 Å². The van der Waals surface area contributed by atoms with Crippen molar-refractivity contribution in [1.29, 1.82) is 0 Å². The number of aromatic nitrogens is 3. The van der Waals surface area contributed by atoms with Gasteiger partial charge in [0.25, 0.3) is 0 Å². The van der Waals surface area contributed by atoms with Crippen LogP contribution in [0.2, 0.25) is 0 Å². The maximum absolute atomic E-state index is 5.76. The molecule has 0 atom stereocenters. The molecule has 2 heterocycles. The van der Waals surface area contributed by atoms with Gasteiger partial charge in [-0.25, -0.2) is 4.98 Å². The van der Waals surface area contributed by atoms with Crippen molar-refractivity contribution in [2.75, 3.05) is 12.3 Å². The van der Waals surface area contributed by atoms with Gasteiger partial charge in [-0.15, -0.1) is 0 Å². The third-order valence-electron chi connectivity index (χ3n) is 3.02. The summed E-state index contributed by atoms with van der Waals surface area (Å²) in [5.41, 5.74) is 6.77. The molecular formula is C14H16N4O. The first-order chi connectivity index (χ1) is 9.31. The van der Waals surface area contributed by atoms with Crippen molar-refractivity contribution in [2.24, 2.45) is 0 Å². The maximum atomic E-state index is 5.76. The lowest BCUT2D eigenvalue weighted by molar-refractivity contribution is 0.306. The van der Waals surface area contributed by atoms with Gasteiger partial charge in [-0.2, -0.15) is 4.98 Å². The van der Waals surface area contributed by atoms with Gasteiger partial charge < -0.3 is 10.5 Å². The molecule has 3 rings (SSSR count). The zero-order valence-electron chi connectivity index (χ0n) is 10.6. The Balaban J connectivity index is 1.60. The first-order valence-electron chi connectivity index (χ1n) is 6.48. The molecule has 0 aromatic carbocycles. The molecule has 2 N–H and O–H groups in total. The Morgan fingerprint density at radius 1 is 1.26 bits per heavy atom. The van der Waals surface area contributed by atoms with E-state index >= 15 is 0 Å². The smallest absolute Gasteiger partial charge is 0.218 e. The summed E-state index contributed by atoms with van der Waals surface area (Å²) in [4.78, 5) is 12.9. The van der Waals surface area contributed by atoms with E-state index in [1.54, 1.807) is 12.3 Å². The molecule has 0 amide bonds. The zero-order chi connectivity index (χ0) is 13.1. The Morgan fingerprint density at radius 2 is 2.16 bits per heavy atom.